The van der Waals surface area contributed by atoms with E-state index in [-0.39, 0.29) is 5.91 Å². The number of aromatic nitrogens is 2. The Hall–Kier alpha value is -2.99. The van der Waals surface area contributed by atoms with Crippen molar-refractivity contribution in [1.82, 2.24) is 19.9 Å². The molecule has 6 heteroatoms. The van der Waals surface area contributed by atoms with E-state index in [1.807, 2.05) is 35.2 Å². The molecule has 3 aromatic rings. The predicted molar refractivity (Wildman–Crippen MR) is 121 cm³/mol. The van der Waals surface area contributed by atoms with Crippen molar-refractivity contribution in [3.05, 3.63) is 71.1 Å². The third kappa shape index (κ3) is 5.20. The van der Waals surface area contributed by atoms with E-state index in [9.17, 15) is 4.79 Å². The highest BCUT2D eigenvalue weighted by Crippen LogP contribution is 2.21. The molecular weight excluding hydrogens is 388 g/mol. The lowest BCUT2D eigenvalue weighted by atomic mass is 10.0. The summed E-state index contributed by atoms with van der Waals surface area (Å²) < 4.78 is 5.48. The number of hydrogen-bond donors (Lipinski definition) is 0. The van der Waals surface area contributed by atoms with E-state index in [4.69, 9.17) is 4.52 Å². The maximum absolute atomic E-state index is 12.7. The van der Waals surface area contributed by atoms with Gasteiger partial charge in [-0.15, -0.1) is 0 Å². The minimum atomic E-state index is 0.193. The van der Waals surface area contributed by atoms with E-state index in [0.29, 0.717) is 30.6 Å². The lowest BCUT2D eigenvalue weighted by Gasteiger charge is -2.34. The number of carbonyl (C=O) groups excluding carboxylic acids is 1. The number of carbonyl (C=O) groups is 1. The normalized spacial score (nSPS) is 14.9. The van der Waals surface area contributed by atoms with Gasteiger partial charge in [-0.05, 0) is 29.5 Å². The molecule has 2 heterocycles. The standard InChI is InChI=1S/C25H30N4O2/c1-18(2)20-8-10-21(11-9-20)25-26-23(31-27-25)17-28-12-14-29(15-13-28)24(30)16-22-7-5-4-6-19(22)3/h4-11,18H,12-17H2,1-3H3. The summed E-state index contributed by atoms with van der Waals surface area (Å²) in [6.45, 7) is 10.1. The molecule has 0 atom stereocenters. The van der Waals surface area contributed by atoms with Crippen molar-refractivity contribution in [3.63, 3.8) is 0 Å². The Kier molecular flexibility index (Phi) is 6.47. The molecule has 0 saturated carbocycles. The van der Waals surface area contributed by atoms with Crippen LogP contribution in [0.25, 0.3) is 11.4 Å². The third-order valence-electron chi connectivity index (χ3n) is 5.99. The summed E-state index contributed by atoms with van der Waals surface area (Å²) in [6, 6.07) is 16.4. The van der Waals surface area contributed by atoms with Gasteiger partial charge in [0.25, 0.3) is 0 Å². The molecule has 1 amide bonds. The fraction of sp³-hybridized carbons (Fsp3) is 0.400. The smallest absolute Gasteiger partial charge is 0.241 e. The second-order valence-corrected chi connectivity index (χ2v) is 8.55. The van der Waals surface area contributed by atoms with Crippen molar-refractivity contribution < 1.29 is 9.32 Å². The van der Waals surface area contributed by atoms with Crippen LogP contribution in [0.1, 0.15) is 42.3 Å². The summed E-state index contributed by atoms with van der Waals surface area (Å²) in [7, 11) is 0. The van der Waals surface area contributed by atoms with E-state index >= 15 is 0 Å². The maximum Gasteiger partial charge on any atom is 0.241 e. The minimum Gasteiger partial charge on any atom is -0.340 e. The van der Waals surface area contributed by atoms with Gasteiger partial charge >= 0.3 is 0 Å². The zero-order valence-corrected chi connectivity index (χ0v) is 18.5. The summed E-state index contributed by atoms with van der Waals surface area (Å²) in [6.07, 6.45) is 0.468. The average Bonchev–Trinajstić information content (AvgIpc) is 3.24. The van der Waals surface area contributed by atoms with Gasteiger partial charge in [0.15, 0.2) is 0 Å². The fourth-order valence-electron chi connectivity index (χ4n) is 3.88. The SMILES string of the molecule is Cc1ccccc1CC(=O)N1CCN(Cc2nc(-c3ccc(C(C)C)cc3)no2)CC1. The number of amides is 1. The van der Waals surface area contributed by atoms with Gasteiger partial charge < -0.3 is 9.42 Å². The second kappa shape index (κ2) is 9.43. The van der Waals surface area contributed by atoms with E-state index < -0.39 is 0 Å². The number of benzene rings is 2. The number of rotatable bonds is 6. The van der Waals surface area contributed by atoms with Crippen LogP contribution in [0.5, 0.6) is 0 Å². The van der Waals surface area contributed by atoms with Crippen LogP contribution in [0, 0.1) is 6.92 Å². The zero-order valence-electron chi connectivity index (χ0n) is 18.5. The highest BCUT2D eigenvalue weighted by atomic mass is 16.5. The molecule has 31 heavy (non-hydrogen) atoms. The number of aryl methyl sites for hydroxylation is 1. The average molecular weight is 419 g/mol. The van der Waals surface area contributed by atoms with Crippen molar-refractivity contribution in [2.24, 2.45) is 0 Å². The first kappa shape index (κ1) is 21.2. The van der Waals surface area contributed by atoms with Gasteiger partial charge in [0.2, 0.25) is 17.6 Å². The Bertz CT molecular complexity index is 1020. The van der Waals surface area contributed by atoms with Gasteiger partial charge in [0.05, 0.1) is 13.0 Å². The van der Waals surface area contributed by atoms with Crippen LogP contribution in [0.3, 0.4) is 0 Å². The van der Waals surface area contributed by atoms with Crippen molar-refractivity contribution in [3.8, 4) is 11.4 Å². The Morgan fingerprint density at radius 3 is 2.42 bits per heavy atom. The van der Waals surface area contributed by atoms with Gasteiger partial charge in [-0.1, -0.05) is 67.5 Å². The van der Waals surface area contributed by atoms with E-state index in [2.05, 4.69) is 54.0 Å². The van der Waals surface area contributed by atoms with Crippen LogP contribution in [0.4, 0.5) is 0 Å². The molecule has 4 rings (SSSR count). The first-order chi connectivity index (χ1) is 15.0. The van der Waals surface area contributed by atoms with Crippen LogP contribution in [-0.4, -0.2) is 52.0 Å². The van der Waals surface area contributed by atoms with Gasteiger partial charge in [0, 0.05) is 31.7 Å². The third-order valence-corrected chi connectivity index (χ3v) is 5.99. The van der Waals surface area contributed by atoms with E-state index in [1.54, 1.807) is 0 Å². The summed E-state index contributed by atoms with van der Waals surface area (Å²) in [5, 5.41) is 4.15. The number of hydrogen-bond acceptors (Lipinski definition) is 5. The monoisotopic (exact) mass is 418 g/mol. The van der Waals surface area contributed by atoms with Gasteiger partial charge in [-0.25, -0.2) is 0 Å². The zero-order chi connectivity index (χ0) is 21.8. The predicted octanol–water partition coefficient (Wildman–Crippen LogP) is 4.06. The van der Waals surface area contributed by atoms with Gasteiger partial charge in [-0.2, -0.15) is 4.98 Å². The first-order valence-corrected chi connectivity index (χ1v) is 11.0. The number of piperazine rings is 1. The molecule has 0 N–H and O–H groups in total. The molecule has 0 bridgehead atoms. The quantitative estimate of drug-likeness (QED) is 0.604. The Labute approximate surface area is 183 Å². The lowest BCUT2D eigenvalue weighted by Crippen LogP contribution is -2.48. The van der Waals surface area contributed by atoms with Crippen molar-refractivity contribution >= 4 is 5.91 Å². The van der Waals surface area contributed by atoms with Gasteiger partial charge in [0.1, 0.15) is 0 Å². The molecule has 1 fully saturated rings. The lowest BCUT2D eigenvalue weighted by molar-refractivity contribution is -0.132. The molecule has 162 valence electrons. The Morgan fingerprint density at radius 1 is 1.03 bits per heavy atom. The van der Waals surface area contributed by atoms with E-state index in [0.717, 1.165) is 37.3 Å². The van der Waals surface area contributed by atoms with Crippen molar-refractivity contribution in [2.75, 3.05) is 26.2 Å². The molecule has 1 aromatic heterocycles. The van der Waals surface area contributed by atoms with Crippen molar-refractivity contribution in [2.45, 2.75) is 39.7 Å². The van der Waals surface area contributed by atoms with Gasteiger partial charge in [-0.3, -0.25) is 9.69 Å². The molecule has 2 aromatic carbocycles. The Morgan fingerprint density at radius 2 is 1.74 bits per heavy atom. The molecule has 0 spiro atoms. The summed E-state index contributed by atoms with van der Waals surface area (Å²) >= 11 is 0. The van der Waals surface area contributed by atoms with Crippen LogP contribution in [0.2, 0.25) is 0 Å². The van der Waals surface area contributed by atoms with Crippen LogP contribution >= 0.6 is 0 Å². The molecule has 6 nitrogen and oxygen atoms in total. The fourth-order valence-corrected chi connectivity index (χ4v) is 3.88. The summed E-state index contributed by atoms with van der Waals surface area (Å²) in [4.78, 5) is 21.5. The molecule has 1 saturated heterocycles. The van der Waals surface area contributed by atoms with Crippen molar-refractivity contribution in [1.29, 1.82) is 0 Å². The molecule has 0 aliphatic carbocycles. The largest absolute Gasteiger partial charge is 0.340 e. The maximum atomic E-state index is 12.7. The van der Waals surface area contributed by atoms with Crippen LogP contribution in [0.15, 0.2) is 53.1 Å². The minimum absolute atomic E-state index is 0.193. The highest BCUT2D eigenvalue weighted by Gasteiger charge is 2.23. The molecular formula is C25H30N4O2. The first-order valence-electron chi connectivity index (χ1n) is 11.0. The topological polar surface area (TPSA) is 62.5 Å². The Balaban J connectivity index is 1.29. The molecule has 1 aliphatic rings. The van der Waals surface area contributed by atoms with E-state index in [1.165, 1.54) is 11.1 Å². The molecule has 0 radical (unpaired) electrons. The summed E-state index contributed by atoms with van der Waals surface area (Å²) in [5.41, 5.74) is 4.53. The van der Waals surface area contributed by atoms with Crippen LogP contribution < -0.4 is 0 Å². The summed E-state index contributed by atoms with van der Waals surface area (Å²) in [5.74, 6) is 1.93. The number of nitrogens with zero attached hydrogens (tertiary/aromatic N) is 4. The highest BCUT2D eigenvalue weighted by molar-refractivity contribution is 5.79. The van der Waals surface area contributed by atoms with Crippen LogP contribution in [-0.2, 0) is 17.8 Å². The molecule has 0 unspecified atom stereocenters. The second-order valence-electron chi connectivity index (χ2n) is 8.55. The molecule has 1 aliphatic heterocycles.